The van der Waals surface area contributed by atoms with Crippen LogP contribution in [-0.2, 0) is 0 Å². The van der Waals surface area contributed by atoms with E-state index in [1.807, 2.05) is 55.5 Å². The first kappa shape index (κ1) is 18.0. The molecular weight excluding hydrogens is 356 g/mol. The summed E-state index contributed by atoms with van der Waals surface area (Å²) in [4.78, 5) is 19.0. The molecule has 144 valence electrons. The molecule has 0 aliphatic carbocycles. The average Bonchev–Trinajstić information content (AvgIpc) is 3.39. The second-order valence-corrected chi connectivity index (χ2v) is 6.84. The van der Waals surface area contributed by atoms with Gasteiger partial charge in [-0.1, -0.05) is 35.0 Å². The molecule has 1 aliphatic rings. The molecule has 0 spiro atoms. The molecule has 0 radical (unpaired) electrons. The molecule has 4 rings (SSSR count). The Balaban J connectivity index is 1.51. The number of rotatable bonds is 4. The maximum atomic E-state index is 12.8. The van der Waals surface area contributed by atoms with Crippen molar-refractivity contribution in [2.24, 2.45) is 0 Å². The lowest BCUT2D eigenvalue weighted by molar-refractivity contribution is 0.193. The van der Waals surface area contributed by atoms with Crippen molar-refractivity contribution in [3.63, 3.8) is 0 Å². The first-order valence-corrected chi connectivity index (χ1v) is 9.26. The molecule has 0 saturated carbocycles. The quantitative estimate of drug-likeness (QED) is 0.727. The van der Waals surface area contributed by atoms with Gasteiger partial charge >= 0.3 is 6.03 Å². The summed E-state index contributed by atoms with van der Waals surface area (Å²) in [6, 6.07) is 14.8. The Morgan fingerprint density at radius 1 is 1.25 bits per heavy atom. The second-order valence-electron chi connectivity index (χ2n) is 6.84. The van der Waals surface area contributed by atoms with Gasteiger partial charge in [0.25, 0.3) is 0 Å². The zero-order valence-corrected chi connectivity index (χ0v) is 15.9. The summed E-state index contributed by atoms with van der Waals surface area (Å²) in [7, 11) is 1.61. The SMILES string of the molecule is COc1cccc(-c2noc([C@@H]3CCCN3C(=O)Nc3ccc(C)cc3)n2)c1. The van der Waals surface area contributed by atoms with Crippen LogP contribution in [0.3, 0.4) is 0 Å². The van der Waals surface area contributed by atoms with Gasteiger partial charge in [0, 0.05) is 17.8 Å². The van der Waals surface area contributed by atoms with Gasteiger partial charge in [-0.2, -0.15) is 4.98 Å². The Kier molecular flexibility index (Phi) is 4.97. The van der Waals surface area contributed by atoms with Crippen LogP contribution in [0.1, 0.15) is 30.3 Å². The number of nitrogens with zero attached hydrogens (tertiary/aromatic N) is 3. The molecule has 7 nitrogen and oxygen atoms in total. The minimum Gasteiger partial charge on any atom is -0.497 e. The van der Waals surface area contributed by atoms with Gasteiger partial charge in [0.2, 0.25) is 11.7 Å². The summed E-state index contributed by atoms with van der Waals surface area (Å²) in [6.07, 6.45) is 1.68. The fourth-order valence-corrected chi connectivity index (χ4v) is 3.35. The fourth-order valence-electron chi connectivity index (χ4n) is 3.35. The molecule has 0 unspecified atom stereocenters. The monoisotopic (exact) mass is 378 g/mol. The number of nitrogens with one attached hydrogen (secondary N) is 1. The van der Waals surface area contributed by atoms with Crippen LogP contribution in [0, 0.1) is 6.92 Å². The van der Waals surface area contributed by atoms with E-state index in [4.69, 9.17) is 9.26 Å². The number of ether oxygens (including phenoxy) is 1. The number of methoxy groups -OCH3 is 1. The van der Waals surface area contributed by atoms with Gasteiger partial charge in [-0.25, -0.2) is 4.79 Å². The summed E-state index contributed by atoms with van der Waals surface area (Å²) in [5.74, 6) is 1.66. The number of aryl methyl sites for hydroxylation is 1. The van der Waals surface area contributed by atoms with Crippen molar-refractivity contribution >= 4 is 11.7 Å². The van der Waals surface area contributed by atoms with E-state index in [9.17, 15) is 4.79 Å². The predicted molar refractivity (Wildman–Crippen MR) is 105 cm³/mol. The van der Waals surface area contributed by atoms with Gasteiger partial charge < -0.3 is 19.5 Å². The summed E-state index contributed by atoms with van der Waals surface area (Å²) >= 11 is 0. The third kappa shape index (κ3) is 3.69. The van der Waals surface area contributed by atoms with Crippen molar-refractivity contribution in [2.45, 2.75) is 25.8 Å². The van der Waals surface area contributed by atoms with Crippen LogP contribution >= 0.6 is 0 Å². The number of carbonyl (C=O) groups is 1. The van der Waals surface area contributed by atoms with Crippen LogP contribution in [-0.4, -0.2) is 34.7 Å². The highest BCUT2D eigenvalue weighted by Gasteiger charge is 2.34. The standard InChI is InChI=1S/C21H22N4O3/c1-14-8-10-16(11-9-14)22-21(26)25-12-4-7-18(25)20-23-19(24-28-20)15-5-3-6-17(13-15)27-2/h3,5-6,8-11,13,18H,4,7,12H2,1-2H3,(H,22,26)/t18-/m0/s1. The number of carbonyl (C=O) groups excluding carboxylic acids is 1. The average molecular weight is 378 g/mol. The number of likely N-dealkylation sites (tertiary alicyclic amines) is 1. The maximum absolute atomic E-state index is 12.8. The van der Waals surface area contributed by atoms with E-state index in [2.05, 4.69) is 15.5 Å². The number of amides is 2. The topological polar surface area (TPSA) is 80.5 Å². The second kappa shape index (κ2) is 7.72. The first-order chi connectivity index (χ1) is 13.6. The van der Waals surface area contributed by atoms with E-state index < -0.39 is 0 Å². The normalized spacial score (nSPS) is 16.2. The molecule has 0 bridgehead atoms. The van der Waals surface area contributed by atoms with Gasteiger partial charge in [0.15, 0.2) is 0 Å². The third-order valence-electron chi connectivity index (χ3n) is 4.87. The highest BCUT2D eigenvalue weighted by Crippen LogP contribution is 2.33. The summed E-state index contributed by atoms with van der Waals surface area (Å²) in [5, 5.41) is 7.04. The molecule has 1 N–H and O–H groups in total. The third-order valence-corrected chi connectivity index (χ3v) is 4.87. The van der Waals surface area contributed by atoms with E-state index in [-0.39, 0.29) is 12.1 Å². The van der Waals surface area contributed by atoms with E-state index >= 15 is 0 Å². The number of benzene rings is 2. The highest BCUT2D eigenvalue weighted by atomic mass is 16.5. The zero-order valence-electron chi connectivity index (χ0n) is 15.9. The summed E-state index contributed by atoms with van der Waals surface area (Å²) < 4.78 is 10.7. The number of hydrogen-bond donors (Lipinski definition) is 1. The molecule has 2 aromatic carbocycles. The lowest BCUT2D eigenvalue weighted by atomic mass is 10.2. The van der Waals surface area contributed by atoms with Gasteiger partial charge in [-0.15, -0.1) is 0 Å². The van der Waals surface area contributed by atoms with Crippen LogP contribution in [0.15, 0.2) is 53.1 Å². The van der Waals surface area contributed by atoms with Gasteiger partial charge in [0.1, 0.15) is 11.8 Å². The Morgan fingerprint density at radius 2 is 2.07 bits per heavy atom. The molecule has 1 aliphatic heterocycles. The number of hydrogen-bond acceptors (Lipinski definition) is 5. The predicted octanol–water partition coefficient (Wildman–Crippen LogP) is 4.42. The maximum Gasteiger partial charge on any atom is 0.322 e. The molecule has 1 saturated heterocycles. The van der Waals surface area contributed by atoms with Crippen molar-refractivity contribution < 1.29 is 14.1 Å². The lowest BCUT2D eigenvalue weighted by Gasteiger charge is -2.22. The lowest BCUT2D eigenvalue weighted by Crippen LogP contribution is -2.34. The van der Waals surface area contributed by atoms with E-state index in [0.717, 1.165) is 35.4 Å². The molecule has 1 aromatic heterocycles. The molecular formula is C21H22N4O3. The van der Waals surface area contributed by atoms with Crippen LogP contribution in [0.5, 0.6) is 5.75 Å². The zero-order chi connectivity index (χ0) is 19.5. The molecule has 28 heavy (non-hydrogen) atoms. The molecule has 1 fully saturated rings. The summed E-state index contributed by atoms with van der Waals surface area (Å²) in [5.41, 5.74) is 2.72. The van der Waals surface area contributed by atoms with Crippen molar-refractivity contribution in [2.75, 3.05) is 19.0 Å². The van der Waals surface area contributed by atoms with Crippen molar-refractivity contribution in [1.29, 1.82) is 0 Å². The molecule has 7 heteroatoms. The van der Waals surface area contributed by atoms with E-state index in [1.165, 1.54) is 0 Å². The highest BCUT2D eigenvalue weighted by molar-refractivity contribution is 5.89. The van der Waals surface area contributed by atoms with Gasteiger partial charge in [0.05, 0.1) is 7.11 Å². The van der Waals surface area contributed by atoms with Crippen molar-refractivity contribution in [1.82, 2.24) is 15.0 Å². The van der Waals surface area contributed by atoms with Crippen LogP contribution in [0.2, 0.25) is 0 Å². The van der Waals surface area contributed by atoms with Gasteiger partial charge in [-0.3, -0.25) is 0 Å². The number of aromatic nitrogens is 2. The first-order valence-electron chi connectivity index (χ1n) is 9.26. The molecule has 3 aromatic rings. The largest absolute Gasteiger partial charge is 0.497 e. The minimum absolute atomic E-state index is 0.160. The number of anilines is 1. The van der Waals surface area contributed by atoms with Crippen LogP contribution < -0.4 is 10.1 Å². The summed E-state index contributed by atoms with van der Waals surface area (Å²) in [6.45, 7) is 2.66. The smallest absolute Gasteiger partial charge is 0.322 e. The molecule has 2 heterocycles. The van der Waals surface area contributed by atoms with E-state index in [1.54, 1.807) is 12.0 Å². The Labute approximate surface area is 163 Å². The Hall–Kier alpha value is -3.35. The van der Waals surface area contributed by atoms with Crippen LogP contribution in [0.4, 0.5) is 10.5 Å². The van der Waals surface area contributed by atoms with Crippen molar-refractivity contribution in [3.8, 4) is 17.1 Å². The molecule has 2 amide bonds. The van der Waals surface area contributed by atoms with E-state index in [0.29, 0.717) is 18.3 Å². The Bertz CT molecular complexity index is 968. The van der Waals surface area contributed by atoms with Crippen molar-refractivity contribution in [3.05, 3.63) is 60.0 Å². The minimum atomic E-state index is -0.225. The molecule has 1 atom stereocenters. The van der Waals surface area contributed by atoms with Gasteiger partial charge in [-0.05, 0) is 44.0 Å². The van der Waals surface area contributed by atoms with Crippen LogP contribution in [0.25, 0.3) is 11.4 Å². The Morgan fingerprint density at radius 3 is 2.86 bits per heavy atom. The fraction of sp³-hybridized carbons (Fsp3) is 0.286. The number of urea groups is 1.